The summed E-state index contributed by atoms with van der Waals surface area (Å²) in [4.78, 5) is 32.8. The molecule has 1 spiro atoms. The predicted octanol–water partition coefficient (Wildman–Crippen LogP) is 5.29. The first-order valence-electron chi connectivity index (χ1n) is 18.3. The Morgan fingerprint density at radius 2 is 1.92 bits per heavy atom. The molecule has 1 N–H and O–H groups in total. The van der Waals surface area contributed by atoms with Gasteiger partial charge in [0.15, 0.2) is 0 Å². The fourth-order valence-electron chi connectivity index (χ4n) is 8.07. The monoisotopic (exact) mass is 740 g/mol. The summed E-state index contributed by atoms with van der Waals surface area (Å²) in [6, 6.07) is 11.4. The maximum Gasteiger partial charge on any atom is 0.264 e. The molecule has 6 rings (SSSR count). The van der Waals surface area contributed by atoms with Crippen molar-refractivity contribution in [3.05, 3.63) is 70.3 Å². The van der Waals surface area contributed by atoms with E-state index in [1.807, 2.05) is 44.1 Å². The molecule has 2 aromatic carbocycles. The zero-order valence-corrected chi connectivity index (χ0v) is 32.1. The number of fused-ring (bicyclic) bond motifs is 4. The van der Waals surface area contributed by atoms with Crippen molar-refractivity contribution in [2.45, 2.75) is 69.1 Å². The van der Waals surface area contributed by atoms with Gasteiger partial charge < -0.3 is 24.2 Å². The van der Waals surface area contributed by atoms with E-state index in [0.717, 1.165) is 49.4 Å². The number of sulfonamides is 1. The van der Waals surface area contributed by atoms with Gasteiger partial charge in [-0.2, -0.15) is 0 Å². The zero-order chi connectivity index (χ0) is 36.5. The number of allylic oxidation sites excluding steroid dienone is 1. The molecule has 2 amide bonds. The molecule has 2 bridgehead atoms. The number of benzene rings is 2. The van der Waals surface area contributed by atoms with Crippen molar-refractivity contribution in [2.24, 2.45) is 17.8 Å². The first kappa shape index (κ1) is 37.6. The number of amides is 2. The van der Waals surface area contributed by atoms with Gasteiger partial charge in [0.2, 0.25) is 15.9 Å². The second-order valence-corrected chi connectivity index (χ2v) is 18.0. The van der Waals surface area contributed by atoms with Crippen LogP contribution in [0.2, 0.25) is 5.02 Å². The molecular formula is C39H53ClN4O6S. The second kappa shape index (κ2) is 15.5. The molecule has 2 aliphatic carbocycles. The van der Waals surface area contributed by atoms with E-state index in [9.17, 15) is 18.0 Å². The lowest BCUT2D eigenvalue weighted by Gasteiger charge is -2.46. The minimum atomic E-state index is -3.98. The summed E-state index contributed by atoms with van der Waals surface area (Å²) < 4.78 is 42.3. The number of ether oxygens (including phenoxy) is 2. The lowest BCUT2D eigenvalue weighted by atomic mass is 9.68. The number of aryl methyl sites for hydroxylation is 1. The van der Waals surface area contributed by atoms with Crippen LogP contribution in [0, 0.1) is 17.8 Å². The maximum atomic E-state index is 13.5. The predicted molar refractivity (Wildman–Crippen MR) is 201 cm³/mol. The van der Waals surface area contributed by atoms with Gasteiger partial charge in [-0.1, -0.05) is 36.7 Å². The van der Waals surface area contributed by atoms with Gasteiger partial charge in [0, 0.05) is 49.2 Å². The number of nitrogens with one attached hydrogen (secondary N) is 1. The average Bonchev–Trinajstić information content (AvgIpc) is 3.23. The molecule has 2 heterocycles. The topological polar surface area (TPSA) is 108 Å². The highest BCUT2D eigenvalue weighted by Gasteiger charge is 2.45. The first-order valence-corrected chi connectivity index (χ1v) is 20.2. The molecule has 2 aliphatic heterocycles. The van der Waals surface area contributed by atoms with Crippen LogP contribution in [0.15, 0.2) is 48.6 Å². The third kappa shape index (κ3) is 8.27. The summed E-state index contributed by atoms with van der Waals surface area (Å²) in [5.41, 5.74) is 3.24. The minimum absolute atomic E-state index is 0.0271. The fourth-order valence-corrected chi connectivity index (χ4v) is 9.55. The lowest BCUT2D eigenvalue weighted by molar-refractivity contribution is -0.138. The van der Waals surface area contributed by atoms with E-state index in [-0.39, 0.29) is 47.4 Å². The summed E-state index contributed by atoms with van der Waals surface area (Å²) in [6.07, 6.45) is 9.07. The van der Waals surface area contributed by atoms with Crippen molar-refractivity contribution in [3.8, 4) is 5.75 Å². The molecule has 0 saturated heterocycles. The van der Waals surface area contributed by atoms with E-state index in [4.69, 9.17) is 21.1 Å². The van der Waals surface area contributed by atoms with Gasteiger partial charge in [0.25, 0.3) is 5.91 Å². The van der Waals surface area contributed by atoms with Gasteiger partial charge in [-0.3, -0.25) is 9.59 Å². The van der Waals surface area contributed by atoms with E-state index >= 15 is 0 Å². The molecule has 1 fully saturated rings. The number of anilines is 1. The van der Waals surface area contributed by atoms with Crippen LogP contribution in [0.1, 0.15) is 67.4 Å². The van der Waals surface area contributed by atoms with Gasteiger partial charge in [-0.25, -0.2) is 13.1 Å². The Morgan fingerprint density at radius 1 is 1.12 bits per heavy atom. The maximum absolute atomic E-state index is 13.5. The number of carbonyl (C=O) groups excluding carboxylic acids is 2. The number of rotatable bonds is 6. The Bertz CT molecular complexity index is 1750. The molecule has 278 valence electrons. The molecule has 10 nitrogen and oxygen atoms in total. The molecule has 51 heavy (non-hydrogen) atoms. The van der Waals surface area contributed by atoms with Crippen LogP contribution in [-0.4, -0.2) is 102 Å². The molecule has 0 aromatic heterocycles. The van der Waals surface area contributed by atoms with Crippen molar-refractivity contribution < 1.29 is 27.5 Å². The molecule has 4 aliphatic rings. The molecule has 0 unspecified atom stereocenters. The number of halogens is 1. The number of hydrogen-bond donors (Lipinski definition) is 1. The number of nitrogens with zero attached hydrogens (tertiary/aromatic N) is 3. The minimum Gasteiger partial charge on any atom is -0.490 e. The highest BCUT2D eigenvalue weighted by Crippen LogP contribution is 2.47. The second-order valence-electron chi connectivity index (χ2n) is 15.5. The SMILES string of the molecule is C[C@@H]1[C@@H](C)C/C=C/[C@H](OCC(=O)N(C)CCN(C)C)[C@@H]2CC[C@H]2CN2C[C@@]3(CCCc4cc(Cl)ccc43)COc3ccc(cc32)C(=O)NS1(=O)=O. The Balaban J connectivity index is 1.35. The van der Waals surface area contributed by atoms with Crippen LogP contribution < -0.4 is 14.4 Å². The Kier molecular flexibility index (Phi) is 11.4. The first-order chi connectivity index (χ1) is 24.3. The van der Waals surface area contributed by atoms with Crippen LogP contribution in [0.3, 0.4) is 0 Å². The normalized spacial score (nSPS) is 29.5. The number of carbonyl (C=O) groups is 2. The van der Waals surface area contributed by atoms with Crippen molar-refractivity contribution >= 4 is 39.1 Å². The zero-order valence-electron chi connectivity index (χ0n) is 30.6. The summed E-state index contributed by atoms with van der Waals surface area (Å²) in [5, 5.41) is -0.0936. The van der Waals surface area contributed by atoms with Crippen molar-refractivity contribution in [1.82, 2.24) is 14.5 Å². The number of likely N-dealkylation sites (N-methyl/N-ethyl adjacent to an activating group) is 2. The summed E-state index contributed by atoms with van der Waals surface area (Å²) >= 11 is 6.45. The smallest absolute Gasteiger partial charge is 0.264 e. The number of hydrogen-bond acceptors (Lipinski definition) is 8. The van der Waals surface area contributed by atoms with Crippen molar-refractivity contribution in [1.29, 1.82) is 0 Å². The molecule has 2 aromatic rings. The lowest BCUT2D eigenvalue weighted by Crippen LogP contribution is -2.50. The van der Waals surface area contributed by atoms with E-state index in [1.165, 1.54) is 11.1 Å². The van der Waals surface area contributed by atoms with E-state index in [2.05, 4.69) is 21.8 Å². The highest BCUT2D eigenvalue weighted by molar-refractivity contribution is 7.90. The Hall–Kier alpha value is -3.12. The third-order valence-corrected chi connectivity index (χ3v) is 13.9. The van der Waals surface area contributed by atoms with Gasteiger partial charge >= 0.3 is 0 Å². The van der Waals surface area contributed by atoms with Crippen LogP contribution >= 0.6 is 11.6 Å². The Labute approximate surface area is 308 Å². The summed E-state index contributed by atoms with van der Waals surface area (Å²) in [5.74, 6) is 0.118. The quantitative estimate of drug-likeness (QED) is 0.399. The van der Waals surface area contributed by atoms with Crippen LogP contribution in [0.25, 0.3) is 0 Å². The van der Waals surface area contributed by atoms with E-state index < -0.39 is 21.2 Å². The van der Waals surface area contributed by atoms with Crippen molar-refractivity contribution in [3.63, 3.8) is 0 Å². The van der Waals surface area contributed by atoms with Gasteiger partial charge in [0.05, 0.1) is 23.6 Å². The fraction of sp³-hybridized carbons (Fsp3) is 0.590. The summed E-state index contributed by atoms with van der Waals surface area (Å²) in [7, 11) is 1.79. The van der Waals surface area contributed by atoms with Gasteiger partial charge in [0.1, 0.15) is 12.4 Å². The molecule has 1 saturated carbocycles. The van der Waals surface area contributed by atoms with Crippen LogP contribution in [0.4, 0.5) is 5.69 Å². The Morgan fingerprint density at radius 3 is 2.67 bits per heavy atom. The molecule has 12 heteroatoms. The van der Waals surface area contributed by atoms with Gasteiger partial charge in [-0.05, 0) is 119 Å². The molecule has 0 radical (unpaired) electrons. The summed E-state index contributed by atoms with van der Waals surface area (Å²) in [6.45, 7) is 6.70. The third-order valence-electron chi connectivity index (χ3n) is 11.7. The highest BCUT2D eigenvalue weighted by atomic mass is 35.5. The van der Waals surface area contributed by atoms with Gasteiger partial charge in [-0.15, -0.1) is 0 Å². The van der Waals surface area contributed by atoms with E-state index in [0.29, 0.717) is 38.4 Å². The average molecular weight is 741 g/mol. The molecule has 6 atom stereocenters. The van der Waals surface area contributed by atoms with Crippen LogP contribution in [0.5, 0.6) is 5.75 Å². The molecular weight excluding hydrogens is 688 g/mol. The standard InChI is InChI=1S/C39H53ClN4O6S/c1-26-8-6-10-35(49-23-37(45)43(5)19-18-42(3)4)32-14-11-30(32)22-44-24-39(17-7-9-28-20-31(40)13-15-33(28)39)25-50-36-16-12-29(21-34(36)44)38(46)41-51(47,48)27(26)2/h6,10,12-13,15-16,20-21,26-27,30,32,35H,7-9,11,14,17-19,22-25H2,1-5H3,(H,41,46)/b10-6+/t26-,27+,30-,32+,35-,39-/m0/s1. The van der Waals surface area contributed by atoms with Crippen LogP contribution in [-0.2, 0) is 31.4 Å². The van der Waals surface area contributed by atoms with Crippen molar-refractivity contribution in [2.75, 3.05) is 65.4 Å². The largest absolute Gasteiger partial charge is 0.490 e. The van der Waals surface area contributed by atoms with E-state index in [1.54, 1.807) is 37.1 Å².